The zero-order valence-electron chi connectivity index (χ0n) is 10.3. The van der Waals surface area contributed by atoms with Gasteiger partial charge in [-0.05, 0) is 19.3 Å². The monoisotopic (exact) mass is 212 g/mol. The molecule has 0 aromatic carbocycles. The summed E-state index contributed by atoms with van der Waals surface area (Å²) in [5, 5.41) is 3.30. The molecule has 3 heteroatoms. The third-order valence-electron chi connectivity index (χ3n) is 2.40. The maximum absolute atomic E-state index is 11.4. The molecular weight excluding hydrogens is 188 g/mol. The van der Waals surface area contributed by atoms with Gasteiger partial charge in [0.1, 0.15) is 0 Å². The van der Waals surface area contributed by atoms with Crippen LogP contribution in [-0.2, 0) is 4.79 Å². The van der Waals surface area contributed by atoms with Crippen molar-refractivity contribution in [2.45, 2.75) is 38.6 Å². The zero-order valence-corrected chi connectivity index (χ0v) is 10.3. The molecule has 0 aliphatic rings. The summed E-state index contributed by atoms with van der Waals surface area (Å²) in [6.45, 7) is 6.32. The Hall–Kier alpha value is -0.830. The van der Waals surface area contributed by atoms with Crippen molar-refractivity contribution < 1.29 is 4.79 Å². The standard InChI is InChI=1S/C12H24N2O/c1-5-7-9-11(8-6-2)13-10-12(15)14(3)4/h5,11,13H,1,6-10H2,2-4H3. The van der Waals surface area contributed by atoms with Crippen molar-refractivity contribution in [2.75, 3.05) is 20.6 Å². The lowest BCUT2D eigenvalue weighted by Crippen LogP contribution is -2.38. The molecule has 0 aromatic heterocycles. The molecule has 0 radical (unpaired) electrons. The fourth-order valence-corrected chi connectivity index (χ4v) is 1.41. The van der Waals surface area contributed by atoms with Crippen LogP contribution in [0.25, 0.3) is 0 Å². The minimum absolute atomic E-state index is 0.134. The van der Waals surface area contributed by atoms with Crippen LogP contribution >= 0.6 is 0 Å². The molecule has 0 saturated heterocycles. The van der Waals surface area contributed by atoms with E-state index < -0.39 is 0 Å². The van der Waals surface area contributed by atoms with E-state index in [1.165, 1.54) is 0 Å². The Morgan fingerprint density at radius 3 is 2.60 bits per heavy atom. The first-order valence-corrected chi connectivity index (χ1v) is 5.66. The maximum atomic E-state index is 11.4. The van der Waals surface area contributed by atoms with Gasteiger partial charge < -0.3 is 10.2 Å². The largest absolute Gasteiger partial charge is 0.348 e. The Balaban J connectivity index is 3.83. The van der Waals surface area contributed by atoms with E-state index in [0.29, 0.717) is 12.6 Å². The Kier molecular flexibility index (Phi) is 8.01. The van der Waals surface area contributed by atoms with Gasteiger partial charge in [0.05, 0.1) is 6.54 Å². The van der Waals surface area contributed by atoms with Gasteiger partial charge in [-0.15, -0.1) is 6.58 Å². The number of hydrogen-bond donors (Lipinski definition) is 1. The van der Waals surface area contributed by atoms with E-state index in [9.17, 15) is 4.79 Å². The summed E-state index contributed by atoms with van der Waals surface area (Å²) in [7, 11) is 3.56. The highest BCUT2D eigenvalue weighted by Crippen LogP contribution is 2.04. The number of amides is 1. The molecule has 88 valence electrons. The smallest absolute Gasteiger partial charge is 0.236 e. The van der Waals surface area contributed by atoms with E-state index in [2.05, 4.69) is 18.8 Å². The number of rotatable bonds is 8. The Bertz CT molecular complexity index is 190. The number of nitrogens with one attached hydrogen (secondary N) is 1. The van der Waals surface area contributed by atoms with E-state index in [1.54, 1.807) is 19.0 Å². The number of allylic oxidation sites excluding steroid dienone is 1. The molecule has 1 amide bonds. The van der Waals surface area contributed by atoms with Crippen LogP contribution in [0.5, 0.6) is 0 Å². The minimum Gasteiger partial charge on any atom is -0.348 e. The molecule has 1 atom stereocenters. The average Bonchev–Trinajstić information content (AvgIpc) is 2.21. The lowest BCUT2D eigenvalue weighted by atomic mass is 10.1. The topological polar surface area (TPSA) is 32.3 Å². The van der Waals surface area contributed by atoms with Gasteiger partial charge in [0.15, 0.2) is 0 Å². The lowest BCUT2D eigenvalue weighted by Gasteiger charge is -2.18. The molecule has 15 heavy (non-hydrogen) atoms. The molecule has 0 fully saturated rings. The van der Waals surface area contributed by atoms with Gasteiger partial charge in [-0.2, -0.15) is 0 Å². The molecule has 0 aliphatic heterocycles. The quantitative estimate of drug-likeness (QED) is 0.622. The highest BCUT2D eigenvalue weighted by Gasteiger charge is 2.09. The first kappa shape index (κ1) is 14.2. The van der Waals surface area contributed by atoms with E-state index in [4.69, 9.17) is 0 Å². The molecule has 3 nitrogen and oxygen atoms in total. The van der Waals surface area contributed by atoms with Crippen LogP contribution in [0.1, 0.15) is 32.6 Å². The molecule has 0 rings (SSSR count). The number of nitrogens with zero attached hydrogens (tertiary/aromatic N) is 1. The van der Waals surface area contributed by atoms with Crippen molar-refractivity contribution in [3.8, 4) is 0 Å². The fraction of sp³-hybridized carbons (Fsp3) is 0.750. The van der Waals surface area contributed by atoms with Gasteiger partial charge in [0.2, 0.25) is 5.91 Å². The molecule has 0 saturated carbocycles. The minimum atomic E-state index is 0.134. The molecule has 0 bridgehead atoms. The van der Waals surface area contributed by atoms with E-state index >= 15 is 0 Å². The summed E-state index contributed by atoms with van der Waals surface area (Å²) in [6.07, 6.45) is 6.27. The molecule has 0 spiro atoms. The van der Waals surface area contributed by atoms with Crippen LogP contribution in [0.15, 0.2) is 12.7 Å². The predicted molar refractivity (Wildman–Crippen MR) is 64.8 cm³/mol. The summed E-state index contributed by atoms with van der Waals surface area (Å²) in [6, 6.07) is 0.442. The molecule has 0 heterocycles. The first-order valence-electron chi connectivity index (χ1n) is 5.66. The number of likely N-dealkylation sites (N-methyl/N-ethyl adjacent to an activating group) is 1. The normalized spacial score (nSPS) is 12.2. The summed E-state index contributed by atoms with van der Waals surface area (Å²) >= 11 is 0. The van der Waals surface area contributed by atoms with Crippen molar-refractivity contribution in [1.29, 1.82) is 0 Å². The summed E-state index contributed by atoms with van der Waals surface area (Å²) in [5.74, 6) is 0.134. The van der Waals surface area contributed by atoms with Crippen LogP contribution < -0.4 is 5.32 Å². The predicted octanol–water partition coefficient (Wildman–Crippen LogP) is 1.80. The number of hydrogen-bond acceptors (Lipinski definition) is 2. The molecule has 1 N–H and O–H groups in total. The second kappa shape index (κ2) is 8.48. The zero-order chi connectivity index (χ0) is 11.7. The Labute approximate surface area is 93.5 Å². The summed E-state index contributed by atoms with van der Waals surface area (Å²) in [4.78, 5) is 13.0. The van der Waals surface area contributed by atoms with Crippen molar-refractivity contribution in [2.24, 2.45) is 0 Å². The highest BCUT2D eigenvalue weighted by atomic mass is 16.2. The van der Waals surface area contributed by atoms with Crippen LogP contribution in [0.3, 0.4) is 0 Å². The van der Waals surface area contributed by atoms with Crippen LogP contribution in [0.2, 0.25) is 0 Å². The van der Waals surface area contributed by atoms with E-state index in [-0.39, 0.29) is 5.91 Å². The summed E-state index contributed by atoms with van der Waals surface area (Å²) in [5.41, 5.74) is 0. The van der Waals surface area contributed by atoms with Gasteiger partial charge in [0.25, 0.3) is 0 Å². The van der Waals surface area contributed by atoms with E-state index in [1.807, 2.05) is 6.08 Å². The van der Waals surface area contributed by atoms with Gasteiger partial charge >= 0.3 is 0 Å². The molecule has 1 unspecified atom stereocenters. The average molecular weight is 212 g/mol. The van der Waals surface area contributed by atoms with Crippen molar-refractivity contribution in [3.05, 3.63) is 12.7 Å². The van der Waals surface area contributed by atoms with Gasteiger partial charge in [0, 0.05) is 20.1 Å². The highest BCUT2D eigenvalue weighted by molar-refractivity contribution is 5.77. The fourth-order valence-electron chi connectivity index (χ4n) is 1.41. The van der Waals surface area contributed by atoms with Crippen molar-refractivity contribution >= 4 is 5.91 Å². The third-order valence-corrected chi connectivity index (χ3v) is 2.40. The van der Waals surface area contributed by atoms with Gasteiger partial charge in [-0.3, -0.25) is 4.79 Å². The number of carbonyl (C=O) groups is 1. The Morgan fingerprint density at radius 2 is 2.13 bits per heavy atom. The second-order valence-electron chi connectivity index (χ2n) is 4.02. The van der Waals surface area contributed by atoms with E-state index in [0.717, 1.165) is 25.7 Å². The molecule has 0 aliphatic carbocycles. The van der Waals surface area contributed by atoms with Gasteiger partial charge in [-0.25, -0.2) is 0 Å². The third kappa shape index (κ3) is 7.14. The lowest BCUT2D eigenvalue weighted by molar-refractivity contribution is -0.127. The SMILES string of the molecule is C=CCCC(CCC)NCC(=O)N(C)C. The first-order chi connectivity index (χ1) is 7.11. The van der Waals surface area contributed by atoms with Crippen LogP contribution in [-0.4, -0.2) is 37.5 Å². The van der Waals surface area contributed by atoms with Gasteiger partial charge in [-0.1, -0.05) is 19.4 Å². The van der Waals surface area contributed by atoms with Crippen LogP contribution in [0, 0.1) is 0 Å². The maximum Gasteiger partial charge on any atom is 0.236 e. The second-order valence-corrected chi connectivity index (χ2v) is 4.02. The number of carbonyl (C=O) groups excluding carboxylic acids is 1. The van der Waals surface area contributed by atoms with Crippen molar-refractivity contribution in [3.63, 3.8) is 0 Å². The molecular formula is C12H24N2O. The Morgan fingerprint density at radius 1 is 1.47 bits per heavy atom. The molecule has 0 aromatic rings. The van der Waals surface area contributed by atoms with Crippen molar-refractivity contribution in [1.82, 2.24) is 10.2 Å². The van der Waals surface area contributed by atoms with Crippen LogP contribution in [0.4, 0.5) is 0 Å². The summed E-state index contributed by atoms with van der Waals surface area (Å²) < 4.78 is 0.